The lowest BCUT2D eigenvalue weighted by atomic mass is 9.92. The van der Waals surface area contributed by atoms with E-state index in [-0.39, 0.29) is 16.9 Å². The minimum Gasteiger partial charge on any atom is -0.868 e. The Balaban J connectivity index is 2.61. The largest absolute Gasteiger partial charge is 0.868 e. The smallest absolute Gasteiger partial charge is 0.319 e. The van der Waals surface area contributed by atoms with Crippen LogP contribution in [0.5, 0.6) is 5.75 Å². The lowest BCUT2D eigenvalue weighted by molar-refractivity contribution is -0.398. The number of carbonyl (C=O) groups is 2. The number of carbonyl (C=O) groups excluding carboxylic acids is 2. The maximum atomic E-state index is 12.1. The van der Waals surface area contributed by atoms with Crippen molar-refractivity contribution in [3.63, 3.8) is 0 Å². The average Bonchev–Trinajstić information content (AvgIpc) is 2.36. The Morgan fingerprint density at radius 1 is 1.38 bits per heavy atom. The molecule has 0 saturated carbocycles. The molecule has 1 unspecified atom stereocenters. The molecule has 110 valence electrons. The van der Waals surface area contributed by atoms with E-state index >= 15 is 0 Å². The maximum Gasteiger partial charge on any atom is 0.319 e. The van der Waals surface area contributed by atoms with Gasteiger partial charge in [-0.1, -0.05) is 12.1 Å². The average molecular weight is 290 g/mol. The summed E-state index contributed by atoms with van der Waals surface area (Å²) in [5.41, 5.74) is -0.0845. The summed E-state index contributed by atoms with van der Waals surface area (Å²) in [6.07, 6.45) is 0. The summed E-state index contributed by atoms with van der Waals surface area (Å²) in [7, 11) is 0. The fourth-order valence-corrected chi connectivity index (χ4v) is 2.31. The number of nitro groups is 1. The highest BCUT2D eigenvalue weighted by Gasteiger charge is 2.30. The number of nitrogens with zero attached hydrogens (tertiary/aromatic N) is 1. The molecule has 8 heteroatoms. The van der Waals surface area contributed by atoms with Crippen molar-refractivity contribution >= 4 is 17.5 Å². The first kappa shape index (κ1) is 14.5. The number of nitrogens with one attached hydrogen (secondary N) is 2. The molecule has 1 aromatic rings. The van der Waals surface area contributed by atoms with Crippen LogP contribution >= 0.6 is 0 Å². The van der Waals surface area contributed by atoms with Crippen LogP contribution in [0.3, 0.4) is 0 Å². The molecule has 1 atom stereocenters. The van der Waals surface area contributed by atoms with Crippen LogP contribution in [0.25, 0.3) is 0 Å². The number of amides is 2. The number of nitro benzene ring substituents is 1. The fraction of sp³-hybridized carbons (Fsp3) is 0.231. The number of benzene rings is 1. The first-order chi connectivity index (χ1) is 9.82. The molecule has 0 spiro atoms. The summed E-state index contributed by atoms with van der Waals surface area (Å²) in [5.74, 6) is -1.16. The number of hydrogen-bond donors (Lipinski definition) is 2. The predicted molar refractivity (Wildman–Crippen MR) is 70.3 cm³/mol. The van der Waals surface area contributed by atoms with E-state index in [9.17, 15) is 24.8 Å². The summed E-state index contributed by atoms with van der Waals surface area (Å²) >= 11 is 0. The van der Waals surface area contributed by atoms with Crippen molar-refractivity contribution in [3.8, 4) is 5.75 Å². The Kier molecular flexibility index (Phi) is 3.62. The molecule has 0 radical (unpaired) electrons. The quantitative estimate of drug-likeness (QED) is 0.631. The summed E-state index contributed by atoms with van der Waals surface area (Å²) in [6.45, 7) is 2.83. The predicted octanol–water partition coefficient (Wildman–Crippen LogP) is 0.885. The zero-order chi connectivity index (χ0) is 15.7. The number of rotatable bonds is 3. The van der Waals surface area contributed by atoms with Gasteiger partial charge in [-0.25, -0.2) is 4.79 Å². The van der Waals surface area contributed by atoms with Crippen LogP contribution in [0, 0.1) is 10.1 Å². The highest BCUT2D eigenvalue weighted by molar-refractivity contribution is 5.98. The number of Topliss-reactive ketones (excluding diaryl/α,β-unsaturated/α-hetero) is 1. The molecule has 1 aliphatic heterocycles. The monoisotopic (exact) mass is 290 g/mol. The van der Waals surface area contributed by atoms with Gasteiger partial charge in [0.15, 0.2) is 5.78 Å². The Bertz CT molecular complexity index is 680. The van der Waals surface area contributed by atoms with Gasteiger partial charge in [-0.2, -0.15) is 0 Å². The second-order valence-electron chi connectivity index (χ2n) is 4.58. The van der Waals surface area contributed by atoms with E-state index in [2.05, 4.69) is 10.6 Å². The minimum atomic E-state index is -0.997. The molecule has 2 rings (SSSR count). The van der Waals surface area contributed by atoms with Crippen LogP contribution in [-0.2, 0) is 4.79 Å². The number of para-hydroxylation sites is 1. The molecular weight excluding hydrogens is 278 g/mol. The summed E-state index contributed by atoms with van der Waals surface area (Å²) in [4.78, 5) is 33.3. The first-order valence-corrected chi connectivity index (χ1v) is 6.06. The van der Waals surface area contributed by atoms with Gasteiger partial charge in [-0.3, -0.25) is 14.9 Å². The normalized spacial score (nSPS) is 18.0. The molecule has 2 amide bonds. The van der Waals surface area contributed by atoms with Crippen molar-refractivity contribution in [2.24, 2.45) is 0 Å². The number of ketones is 1. The zero-order valence-electron chi connectivity index (χ0n) is 11.3. The Hall–Kier alpha value is -2.90. The fourth-order valence-electron chi connectivity index (χ4n) is 2.31. The molecule has 0 fully saturated rings. The molecule has 1 aliphatic rings. The topological polar surface area (TPSA) is 124 Å². The second kappa shape index (κ2) is 5.23. The molecule has 1 heterocycles. The van der Waals surface area contributed by atoms with Gasteiger partial charge in [-0.05, 0) is 25.2 Å². The summed E-state index contributed by atoms with van der Waals surface area (Å²) in [5, 5.41) is 27.9. The van der Waals surface area contributed by atoms with Gasteiger partial charge >= 0.3 is 6.03 Å². The SMILES string of the molecule is CC(=O)C1=C(C)NC(=O)NC1c1cccc([N+](=O)[O-])c1[O-]. The van der Waals surface area contributed by atoms with Crippen LogP contribution in [0.15, 0.2) is 29.5 Å². The Morgan fingerprint density at radius 2 is 2.05 bits per heavy atom. The molecule has 21 heavy (non-hydrogen) atoms. The van der Waals surface area contributed by atoms with Gasteiger partial charge in [0.2, 0.25) is 0 Å². The van der Waals surface area contributed by atoms with Gasteiger partial charge in [0.05, 0.1) is 11.0 Å². The first-order valence-electron chi connectivity index (χ1n) is 6.06. The van der Waals surface area contributed by atoms with Crippen LogP contribution in [0.2, 0.25) is 0 Å². The van der Waals surface area contributed by atoms with Crippen LogP contribution < -0.4 is 15.7 Å². The highest BCUT2D eigenvalue weighted by Crippen LogP contribution is 2.36. The minimum absolute atomic E-state index is 0.0106. The van der Waals surface area contributed by atoms with Gasteiger partial charge in [0.25, 0.3) is 5.69 Å². The van der Waals surface area contributed by atoms with E-state index in [0.717, 1.165) is 6.07 Å². The molecule has 8 nitrogen and oxygen atoms in total. The van der Waals surface area contributed by atoms with Crippen LogP contribution in [-0.4, -0.2) is 16.7 Å². The van der Waals surface area contributed by atoms with Gasteiger partial charge in [-0.15, -0.1) is 0 Å². The van der Waals surface area contributed by atoms with E-state index in [4.69, 9.17) is 0 Å². The lowest BCUT2D eigenvalue weighted by Gasteiger charge is -2.30. The summed E-state index contributed by atoms with van der Waals surface area (Å²) < 4.78 is 0. The van der Waals surface area contributed by atoms with Crippen LogP contribution in [0.1, 0.15) is 25.5 Å². The Labute approximate surface area is 119 Å². The number of allylic oxidation sites excluding steroid dienone is 1. The maximum absolute atomic E-state index is 12.1. The van der Waals surface area contributed by atoms with Crippen molar-refractivity contribution in [2.75, 3.05) is 0 Å². The molecule has 0 aromatic heterocycles. The molecular formula is C13H12N3O5-. The second-order valence-corrected chi connectivity index (χ2v) is 4.58. The highest BCUT2D eigenvalue weighted by atomic mass is 16.6. The van der Waals surface area contributed by atoms with Crippen LogP contribution in [0.4, 0.5) is 10.5 Å². The third kappa shape index (κ3) is 2.55. The molecule has 0 bridgehead atoms. The Morgan fingerprint density at radius 3 is 2.62 bits per heavy atom. The molecule has 2 N–H and O–H groups in total. The molecule has 0 saturated heterocycles. The molecule has 0 aliphatic carbocycles. The van der Waals surface area contributed by atoms with Gasteiger partial charge in [0.1, 0.15) is 0 Å². The van der Waals surface area contributed by atoms with Gasteiger partial charge in [0, 0.05) is 17.3 Å². The van der Waals surface area contributed by atoms with E-state index in [0.29, 0.717) is 5.70 Å². The third-order valence-corrected chi connectivity index (χ3v) is 3.18. The lowest BCUT2D eigenvalue weighted by Crippen LogP contribution is -2.45. The summed E-state index contributed by atoms with van der Waals surface area (Å²) in [6, 6.07) is 2.22. The third-order valence-electron chi connectivity index (χ3n) is 3.18. The van der Waals surface area contributed by atoms with E-state index in [1.807, 2.05) is 0 Å². The van der Waals surface area contributed by atoms with Crippen molar-refractivity contribution < 1.29 is 19.6 Å². The number of hydrogen-bond acceptors (Lipinski definition) is 5. The van der Waals surface area contributed by atoms with Crippen molar-refractivity contribution in [1.82, 2.24) is 10.6 Å². The van der Waals surface area contributed by atoms with Crippen molar-refractivity contribution in [2.45, 2.75) is 19.9 Å². The van der Waals surface area contributed by atoms with Gasteiger partial charge < -0.3 is 15.7 Å². The van der Waals surface area contributed by atoms with E-state index in [1.165, 1.54) is 26.0 Å². The van der Waals surface area contributed by atoms with E-state index in [1.54, 1.807) is 0 Å². The standard InChI is InChI=1S/C13H13N3O5/c1-6-10(7(2)17)11(15-13(19)14-6)8-4-3-5-9(12(8)18)16(20)21/h3-5,11,18H,1-2H3,(H2,14,15,19)/p-1. The number of urea groups is 1. The van der Waals surface area contributed by atoms with E-state index < -0.39 is 28.4 Å². The van der Waals surface area contributed by atoms with Crippen molar-refractivity contribution in [1.29, 1.82) is 0 Å². The zero-order valence-corrected chi connectivity index (χ0v) is 11.3. The molecule has 1 aromatic carbocycles. The van der Waals surface area contributed by atoms with Crippen molar-refractivity contribution in [3.05, 3.63) is 45.1 Å².